The smallest absolute Gasteiger partial charge is 0.254 e. The second-order valence-electron chi connectivity index (χ2n) is 6.11. The Morgan fingerprint density at radius 1 is 1.12 bits per heavy atom. The summed E-state index contributed by atoms with van der Waals surface area (Å²) in [6, 6.07) is 13.5. The molecule has 0 spiro atoms. The van der Waals surface area contributed by atoms with Gasteiger partial charge in [-0.05, 0) is 29.8 Å². The Kier molecular flexibility index (Phi) is 4.42. The minimum absolute atomic E-state index is 0.0458. The van der Waals surface area contributed by atoms with Gasteiger partial charge in [0.25, 0.3) is 5.91 Å². The molecule has 1 saturated heterocycles. The van der Waals surface area contributed by atoms with Crippen molar-refractivity contribution in [3.8, 4) is 0 Å². The molecule has 5 nitrogen and oxygen atoms in total. The molecule has 128 valence electrons. The van der Waals surface area contributed by atoms with E-state index in [0.29, 0.717) is 43.4 Å². The molecule has 2 aromatic carbocycles. The third kappa shape index (κ3) is 3.38. The van der Waals surface area contributed by atoms with Crippen LogP contribution in [0.2, 0.25) is 5.02 Å². The number of carbonyl (C=O) groups excluding carboxylic acids is 1. The number of halogens is 1. The van der Waals surface area contributed by atoms with Gasteiger partial charge in [-0.25, -0.2) is 0 Å². The number of hydrogen-bond acceptors (Lipinski definition) is 3. The first-order valence-corrected chi connectivity index (χ1v) is 8.65. The van der Waals surface area contributed by atoms with Crippen LogP contribution in [0.4, 0.5) is 0 Å². The zero-order valence-electron chi connectivity index (χ0n) is 13.7. The lowest BCUT2D eigenvalue weighted by Crippen LogP contribution is -2.40. The van der Waals surface area contributed by atoms with E-state index in [9.17, 15) is 4.79 Å². The molecular formula is C19H18ClN3O2. The average molecular weight is 356 g/mol. The highest BCUT2D eigenvalue weighted by Crippen LogP contribution is 2.19. The maximum Gasteiger partial charge on any atom is 0.254 e. The summed E-state index contributed by atoms with van der Waals surface area (Å²) in [5.74, 6) is 0.0458. The van der Waals surface area contributed by atoms with Gasteiger partial charge < -0.3 is 9.64 Å². The predicted octanol–water partition coefficient (Wildman–Crippen LogP) is 3.21. The zero-order chi connectivity index (χ0) is 17.2. The SMILES string of the molecule is O=C(c1ccc2cnn(Cc3ccc(Cl)cc3)c2c1)N1CCOCC1. The molecule has 25 heavy (non-hydrogen) atoms. The van der Waals surface area contributed by atoms with Crippen molar-refractivity contribution in [2.45, 2.75) is 6.54 Å². The Morgan fingerprint density at radius 2 is 1.88 bits per heavy atom. The monoisotopic (exact) mass is 355 g/mol. The molecule has 1 fully saturated rings. The Balaban J connectivity index is 1.63. The standard InChI is InChI=1S/C19H18ClN3O2/c20-17-5-1-14(2-6-17)13-23-18-11-15(3-4-16(18)12-21-23)19(24)22-7-9-25-10-8-22/h1-6,11-12H,7-10,13H2. The van der Waals surface area contributed by atoms with Gasteiger partial charge in [-0.3, -0.25) is 9.48 Å². The van der Waals surface area contributed by atoms with Crippen LogP contribution in [0.25, 0.3) is 10.9 Å². The van der Waals surface area contributed by atoms with Crippen LogP contribution in [0.15, 0.2) is 48.7 Å². The van der Waals surface area contributed by atoms with Crippen LogP contribution in [0.5, 0.6) is 0 Å². The number of hydrogen-bond donors (Lipinski definition) is 0. The molecule has 0 N–H and O–H groups in total. The van der Waals surface area contributed by atoms with E-state index in [1.807, 2.05) is 58.2 Å². The van der Waals surface area contributed by atoms with E-state index in [1.165, 1.54) is 0 Å². The first kappa shape index (κ1) is 16.1. The molecule has 1 aliphatic heterocycles. The fourth-order valence-electron chi connectivity index (χ4n) is 3.04. The number of carbonyl (C=O) groups is 1. The van der Waals surface area contributed by atoms with Gasteiger partial charge in [-0.2, -0.15) is 5.10 Å². The largest absolute Gasteiger partial charge is 0.378 e. The molecule has 3 aromatic rings. The molecule has 0 radical (unpaired) electrons. The lowest BCUT2D eigenvalue weighted by molar-refractivity contribution is 0.0303. The van der Waals surface area contributed by atoms with Crippen LogP contribution < -0.4 is 0 Å². The summed E-state index contributed by atoms with van der Waals surface area (Å²) in [6.07, 6.45) is 1.83. The Morgan fingerprint density at radius 3 is 2.64 bits per heavy atom. The van der Waals surface area contributed by atoms with Crippen LogP contribution in [0, 0.1) is 0 Å². The molecule has 4 rings (SSSR count). The second-order valence-corrected chi connectivity index (χ2v) is 6.54. The van der Waals surface area contributed by atoms with E-state index in [4.69, 9.17) is 16.3 Å². The normalized spacial score (nSPS) is 14.8. The van der Waals surface area contributed by atoms with E-state index >= 15 is 0 Å². The fraction of sp³-hybridized carbons (Fsp3) is 0.263. The Labute approximate surface area is 150 Å². The van der Waals surface area contributed by atoms with Gasteiger partial charge in [0.15, 0.2) is 0 Å². The van der Waals surface area contributed by atoms with Gasteiger partial charge >= 0.3 is 0 Å². The van der Waals surface area contributed by atoms with E-state index in [2.05, 4.69) is 5.10 Å². The van der Waals surface area contributed by atoms with Crippen molar-refractivity contribution in [3.05, 3.63) is 64.8 Å². The van der Waals surface area contributed by atoms with Crippen molar-refractivity contribution in [3.63, 3.8) is 0 Å². The summed E-state index contributed by atoms with van der Waals surface area (Å²) >= 11 is 5.94. The van der Waals surface area contributed by atoms with Crippen LogP contribution >= 0.6 is 11.6 Å². The minimum atomic E-state index is 0.0458. The molecule has 1 aliphatic rings. The number of fused-ring (bicyclic) bond motifs is 1. The molecule has 6 heteroatoms. The van der Waals surface area contributed by atoms with Crippen molar-refractivity contribution < 1.29 is 9.53 Å². The van der Waals surface area contributed by atoms with E-state index in [-0.39, 0.29) is 5.91 Å². The number of nitrogens with zero attached hydrogens (tertiary/aromatic N) is 3. The van der Waals surface area contributed by atoms with Crippen molar-refractivity contribution in [1.82, 2.24) is 14.7 Å². The zero-order valence-corrected chi connectivity index (χ0v) is 14.4. The number of benzene rings is 2. The minimum Gasteiger partial charge on any atom is -0.378 e. The molecular weight excluding hydrogens is 338 g/mol. The van der Waals surface area contributed by atoms with Crippen molar-refractivity contribution >= 4 is 28.4 Å². The van der Waals surface area contributed by atoms with Gasteiger partial charge in [-0.1, -0.05) is 29.8 Å². The highest BCUT2D eigenvalue weighted by atomic mass is 35.5. The molecule has 0 aliphatic carbocycles. The van der Waals surface area contributed by atoms with Crippen LogP contribution in [0.3, 0.4) is 0 Å². The van der Waals surface area contributed by atoms with E-state index < -0.39 is 0 Å². The lowest BCUT2D eigenvalue weighted by Gasteiger charge is -2.26. The van der Waals surface area contributed by atoms with Crippen molar-refractivity contribution in [2.75, 3.05) is 26.3 Å². The molecule has 0 unspecified atom stereocenters. The number of rotatable bonds is 3. The molecule has 1 amide bonds. The molecule has 0 saturated carbocycles. The van der Waals surface area contributed by atoms with Crippen molar-refractivity contribution in [2.24, 2.45) is 0 Å². The summed E-state index contributed by atoms with van der Waals surface area (Å²) in [5, 5.41) is 6.20. The number of ether oxygens (including phenoxy) is 1. The number of amides is 1. The van der Waals surface area contributed by atoms with Gasteiger partial charge in [0, 0.05) is 29.1 Å². The summed E-state index contributed by atoms with van der Waals surface area (Å²) < 4.78 is 7.23. The van der Waals surface area contributed by atoms with Gasteiger partial charge in [-0.15, -0.1) is 0 Å². The molecule has 2 heterocycles. The van der Waals surface area contributed by atoms with Gasteiger partial charge in [0.05, 0.1) is 31.5 Å². The highest BCUT2D eigenvalue weighted by Gasteiger charge is 2.19. The quantitative estimate of drug-likeness (QED) is 0.724. The number of morpholine rings is 1. The summed E-state index contributed by atoms with van der Waals surface area (Å²) in [5.41, 5.74) is 2.75. The Bertz CT molecular complexity index is 899. The summed E-state index contributed by atoms with van der Waals surface area (Å²) in [4.78, 5) is 14.5. The second kappa shape index (κ2) is 6.86. The Hall–Kier alpha value is -2.37. The maximum atomic E-state index is 12.7. The maximum absolute atomic E-state index is 12.7. The highest BCUT2D eigenvalue weighted by molar-refractivity contribution is 6.30. The third-order valence-corrected chi connectivity index (χ3v) is 4.69. The molecule has 0 atom stereocenters. The average Bonchev–Trinajstić information content (AvgIpc) is 3.06. The van der Waals surface area contributed by atoms with Crippen LogP contribution in [0.1, 0.15) is 15.9 Å². The summed E-state index contributed by atoms with van der Waals surface area (Å²) in [7, 11) is 0. The van der Waals surface area contributed by atoms with Gasteiger partial charge in [0.2, 0.25) is 0 Å². The van der Waals surface area contributed by atoms with Crippen LogP contribution in [-0.2, 0) is 11.3 Å². The topological polar surface area (TPSA) is 47.4 Å². The molecule has 0 bridgehead atoms. The third-order valence-electron chi connectivity index (χ3n) is 4.44. The summed E-state index contributed by atoms with van der Waals surface area (Å²) in [6.45, 7) is 3.11. The fourth-order valence-corrected chi connectivity index (χ4v) is 3.17. The number of aromatic nitrogens is 2. The lowest BCUT2D eigenvalue weighted by atomic mass is 10.1. The predicted molar refractivity (Wildman–Crippen MR) is 97.0 cm³/mol. The van der Waals surface area contributed by atoms with Gasteiger partial charge in [0.1, 0.15) is 0 Å². The van der Waals surface area contributed by atoms with E-state index in [1.54, 1.807) is 0 Å². The van der Waals surface area contributed by atoms with Crippen molar-refractivity contribution in [1.29, 1.82) is 0 Å². The van der Waals surface area contributed by atoms with E-state index in [0.717, 1.165) is 16.5 Å². The molecule has 1 aromatic heterocycles. The van der Waals surface area contributed by atoms with Crippen LogP contribution in [-0.4, -0.2) is 46.9 Å². The first-order valence-electron chi connectivity index (χ1n) is 8.28. The first-order chi connectivity index (χ1) is 12.2.